The summed E-state index contributed by atoms with van der Waals surface area (Å²) in [6, 6.07) is 22.9. The van der Waals surface area contributed by atoms with Crippen molar-refractivity contribution in [3.8, 4) is 0 Å². The molecule has 0 saturated carbocycles. The molecule has 0 aromatic heterocycles. The highest BCUT2D eigenvalue weighted by molar-refractivity contribution is 7.92. The van der Waals surface area contributed by atoms with Crippen LogP contribution in [0.4, 0.5) is 5.69 Å². The zero-order valence-corrected chi connectivity index (χ0v) is 16.4. The van der Waals surface area contributed by atoms with Gasteiger partial charge >= 0.3 is 0 Å². The van der Waals surface area contributed by atoms with Gasteiger partial charge in [0.2, 0.25) is 0 Å². The van der Waals surface area contributed by atoms with Crippen molar-refractivity contribution in [1.82, 2.24) is 5.32 Å². The van der Waals surface area contributed by atoms with E-state index < -0.39 is 10.0 Å². The molecule has 3 aromatic rings. The molecule has 0 aliphatic heterocycles. The summed E-state index contributed by atoms with van der Waals surface area (Å²) >= 11 is 0. The van der Waals surface area contributed by atoms with Gasteiger partial charge in [-0.15, -0.1) is 0 Å². The number of nitrogens with one attached hydrogen (secondary N) is 2. The monoisotopic (exact) mass is 394 g/mol. The Bertz CT molecular complexity index is 1050. The largest absolute Gasteiger partial charge is 0.352 e. The number of carbonyl (C=O) groups is 1. The van der Waals surface area contributed by atoms with Crippen molar-refractivity contribution in [2.24, 2.45) is 0 Å². The van der Waals surface area contributed by atoms with Crippen molar-refractivity contribution in [2.75, 3.05) is 11.3 Å². The molecule has 0 saturated heterocycles. The molecule has 0 aliphatic rings. The van der Waals surface area contributed by atoms with Crippen molar-refractivity contribution in [3.63, 3.8) is 0 Å². The molecule has 3 rings (SSSR count). The lowest BCUT2D eigenvalue weighted by atomic mass is 10.1. The maximum Gasteiger partial charge on any atom is 0.261 e. The van der Waals surface area contributed by atoms with E-state index in [9.17, 15) is 13.2 Å². The number of benzene rings is 3. The zero-order chi connectivity index (χ0) is 20.0. The summed E-state index contributed by atoms with van der Waals surface area (Å²) in [5.74, 6) is -0.302. The minimum absolute atomic E-state index is 0.0452. The van der Waals surface area contributed by atoms with E-state index in [-0.39, 0.29) is 10.8 Å². The van der Waals surface area contributed by atoms with Gasteiger partial charge in [0.1, 0.15) is 0 Å². The average Bonchev–Trinajstić information content (AvgIpc) is 2.70. The number of anilines is 1. The van der Waals surface area contributed by atoms with E-state index in [2.05, 4.69) is 10.0 Å². The lowest BCUT2D eigenvalue weighted by molar-refractivity contribution is 0.0954. The molecule has 0 radical (unpaired) electrons. The molecule has 0 atom stereocenters. The number of aryl methyl sites for hydroxylation is 1. The third-order valence-corrected chi connectivity index (χ3v) is 5.63. The number of amides is 1. The molecule has 3 aromatic carbocycles. The molecule has 2 N–H and O–H groups in total. The molecule has 28 heavy (non-hydrogen) atoms. The van der Waals surface area contributed by atoms with Gasteiger partial charge in [0.15, 0.2) is 0 Å². The van der Waals surface area contributed by atoms with Crippen LogP contribution in [0.5, 0.6) is 0 Å². The minimum atomic E-state index is -3.78. The minimum Gasteiger partial charge on any atom is -0.352 e. The normalized spacial score (nSPS) is 11.0. The van der Waals surface area contributed by atoms with E-state index in [1.807, 2.05) is 49.4 Å². The van der Waals surface area contributed by atoms with Gasteiger partial charge in [0.25, 0.3) is 15.9 Å². The molecular formula is C22H22N2O3S. The van der Waals surface area contributed by atoms with Crippen LogP contribution in [0.15, 0.2) is 83.8 Å². The van der Waals surface area contributed by atoms with Crippen molar-refractivity contribution in [1.29, 1.82) is 0 Å². The van der Waals surface area contributed by atoms with E-state index >= 15 is 0 Å². The van der Waals surface area contributed by atoms with Gasteiger partial charge in [0.05, 0.1) is 4.90 Å². The fraction of sp³-hybridized carbons (Fsp3) is 0.136. The van der Waals surface area contributed by atoms with Crippen LogP contribution in [-0.2, 0) is 16.4 Å². The van der Waals surface area contributed by atoms with Gasteiger partial charge in [-0.05, 0) is 49.2 Å². The number of carbonyl (C=O) groups excluding carboxylic acids is 1. The molecule has 1 amide bonds. The summed E-state index contributed by atoms with van der Waals surface area (Å²) < 4.78 is 27.8. The van der Waals surface area contributed by atoms with Crippen LogP contribution in [-0.4, -0.2) is 20.9 Å². The highest BCUT2D eigenvalue weighted by atomic mass is 32.2. The van der Waals surface area contributed by atoms with Crippen molar-refractivity contribution in [2.45, 2.75) is 18.2 Å². The van der Waals surface area contributed by atoms with Crippen LogP contribution in [0.1, 0.15) is 21.5 Å². The zero-order valence-electron chi connectivity index (χ0n) is 15.6. The van der Waals surface area contributed by atoms with Crippen LogP contribution in [0, 0.1) is 6.92 Å². The molecule has 0 spiro atoms. The molecule has 0 unspecified atom stereocenters. The fourth-order valence-electron chi connectivity index (χ4n) is 2.71. The van der Waals surface area contributed by atoms with Crippen molar-refractivity contribution in [3.05, 3.63) is 95.6 Å². The van der Waals surface area contributed by atoms with Gasteiger partial charge < -0.3 is 5.32 Å². The van der Waals surface area contributed by atoms with Gasteiger partial charge in [-0.3, -0.25) is 9.52 Å². The predicted octanol–water partition coefficient (Wildman–Crippen LogP) is 3.77. The number of rotatable bonds is 7. The Morgan fingerprint density at radius 3 is 2.32 bits per heavy atom. The summed E-state index contributed by atoms with van der Waals surface area (Å²) in [5, 5.41) is 2.83. The highest BCUT2D eigenvalue weighted by Crippen LogP contribution is 2.17. The Hall–Kier alpha value is -3.12. The molecule has 0 fully saturated rings. The third kappa shape index (κ3) is 5.20. The average molecular weight is 394 g/mol. The maximum absolute atomic E-state index is 12.6. The van der Waals surface area contributed by atoms with Crippen LogP contribution in [0.3, 0.4) is 0 Å². The van der Waals surface area contributed by atoms with E-state index in [1.165, 1.54) is 12.1 Å². The molecule has 6 heteroatoms. The standard InChI is InChI=1S/C22H22N2O3S/c1-17-10-12-20(13-11-17)24-28(26,27)21-9-5-8-19(16-21)22(25)23-15-14-18-6-3-2-4-7-18/h2-13,16,24H,14-15H2,1H3,(H,23,25). The first-order chi connectivity index (χ1) is 13.4. The topological polar surface area (TPSA) is 75.3 Å². The molecule has 5 nitrogen and oxygen atoms in total. The fourth-order valence-corrected chi connectivity index (χ4v) is 3.81. The summed E-state index contributed by atoms with van der Waals surface area (Å²) in [4.78, 5) is 12.4. The van der Waals surface area contributed by atoms with Crippen LogP contribution in [0.25, 0.3) is 0 Å². The second-order valence-corrected chi connectivity index (χ2v) is 8.17. The van der Waals surface area contributed by atoms with Crippen molar-refractivity contribution < 1.29 is 13.2 Å². The summed E-state index contributed by atoms with van der Waals surface area (Å²) in [7, 11) is -3.78. The molecule has 0 heterocycles. The van der Waals surface area contributed by atoms with E-state index in [0.717, 1.165) is 11.1 Å². The van der Waals surface area contributed by atoms with Gasteiger partial charge in [-0.2, -0.15) is 0 Å². The Kier molecular flexibility index (Phi) is 6.11. The molecule has 0 aliphatic carbocycles. The Morgan fingerprint density at radius 1 is 0.893 bits per heavy atom. The van der Waals surface area contributed by atoms with Crippen LogP contribution >= 0.6 is 0 Å². The quantitative estimate of drug-likeness (QED) is 0.641. The number of sulfonamides is 1. The summed E-state index contributed by atoms with van der Waals surface area (Å²) in [6.45, 7) is 2.40. The predicted molar refractivity (Wildman–Crippen MR) is 111 cm³/mol. The van der Waals surface area contributed by atoms with E-state index in [0.29, 0.717) is 24.2 Å². The molecular weight excluding hydrogens is 372 g/mol. The number of hydrogen-bond acceptors (Lipinski definition) is 3. The SMILES string of the molecule is Cc1ccc(NS(=O)(=O)c2cccc(C(=O)NCCc3ccccc3)c2)cc1. The smallest absolute Gasteiger partial charge is 0.261 e. The summed E-state index contributed by atoms with van der Waals surface area (Å²) in [6.07, 6.45) is 0.708. The molecule has 144 valence electrons. The first-order valence-corrected chi connectivity index (χ1v) is 10.4. The first-order valence-electron chi connectivity index (χ1n) is 8.96. The van der Waals surface area contributed by atoms with E-state index in [4.69, 9.17) is 0 Å². The van der Waals surface area contributed by atoms with Crippen molar-refractivity contribution >= 4 is 21.6 Å². The second kappa shape index (κ2) is 8.71. The molecule has 0 bridgehead atoms. The Balaban J connectivity index is 1.66. The first kappa shape index (κ1) is 19.6. The summed E-state index contributed by atoms with van der Waals surface area (Å²) in [5.41, 5.74) is 2.95. The van der Waals surface area contributed by atoms with Gasteiger partial charge in [0, 0.05) is 17.8 Å². The van der Waals surface area contributed by atoms with Crippen LogP contribution in [0.2, 0.25) is 0 Å². The second-order valence-electron chi connectivity index (χ2n) is 6.49. The lowest BCUT2D eigenvalue weighted by Gasteiger charge is -2.10. The lowest BCUT2D eigenvalue weighted by Crippen LogP contribution is -2.26. The third-order valence-electron chi connectivity index (χ3n) is 4.25. The Labute approximate surface area is 165 Å². The Morgan fingerprint density at radius 2 is 1.61 bits per heavy atom. The number of hydrogen-bond donors (Lipinski definition) is 2. The van der Waals surface area contributed by atoms with Gasteiger partial charge in [-0.25, -0.2) is 8.42 Å². The van der Waals surface area contributed by atoms with Gasteiger partial charge in [-0.1, -0.05) is 54.1 Å². The van der Waals surface area contributed by atoms with Crippen LogP contribution < -0.4 is 10.0 Å². The maximum atomic E-state index is 12.6. The van der Waals surface area contributed by atoms with E-state index in [1.54, 1.807) is 24.3 Å². The highest BCUT2D eigenvalue weighted by Gasteiger charge is 2.16.